The molecule has 0 spiro atoms. The molecule has 0 aromatic carbocycles. The molecule has 1 aliphatic rings. The van der Waals surface area contributed by atoms with Crippen molar-refractivity contribution in [2.75, 3.05) is 19.6 Å². The van der Waals surface area contributed by atoms with Crippen molar-refractivity contribution in [2.24, 2.45) is 0 Å². The van der Waals surface area contributed by atoms with Gasteiger partial charge in [-0.05, 0) is 25.9 Å². The highest BCUT2D eigenvalue weighted by Crippen LogP contribution is 2.14. The molecule has 1 rings (SSSR count). The van der Waals surface area contributed by atoms with E-state index in [4.69, 9.17) is 5.73 Å². The summed E-state index contributed by atoms with van der Waals surface area (Å²) in [6, 6.07) is 0.579. The first kappa shape index (κ1) is 7.03. The van der Waals surface area contributed by atoms with Crippen molar-refractivity contribution in [1.29, 1.82) is 0 Å². The fourth-order valence-electron chi connectivity index (χ4n) is 1.54. The van der Waals surface area contributed by atoms with Crippen molar-refractivity contribution in [3.63, 3.8) is 0 Å². The third-order valence-corrected chi connectivity index (χ3v) is 2.14. The van der Waals surface area contributed by atoms with Crippen LogP contribution in [0, 0.1) is 0 Å². The third kappa shape index (κ3) is 1.43. The van der Waals surface area contributed by atoms with Gasteiger partial charge in [0.2, 0.25) is 0 Å². The van der Waals surface area contributed by atoms with Crippen molar-refractivity contribution < 1.29 is 0 Å². The van der Waals surface area contributed by atoms with Gasteiger partial charge in [0.1, 0.15) is 0 Å². The lowest BCUT2D eigenvalue weighted by Crippen LogP contribution is -2.32. The topological polar surface area (TPSA) is 27.0 Å². The summed E-state index contributed by atoms with van der Waals surface area (Å²) in [7, 11) is 0. The summed E-state index contributed by atoms with van der Waals surface area (Å²) >= 11 is 0. The molecule has 0 bridgehead atoms. The number of nitrogens with zero attached hydrogens (tertiary/aromatic N) is 1. The van der Waals surface area contributed by atoms with Crippen LogP contribution >= 0.6 is 0 Å². The monoisotopic (exact) mass is 127 g/mol. The lowest BCUT2D eigenvalue weighted by atomic mass is 10.2. The van der Waals surface area contributed by atoms with E-state index in [2.05, 4.69) is 11.8 Å². The molecule has 9 heavy (non-hydrogen) atoms. The van der Waals surface area contributed by atoms with Gasteiger partial charge in [-0.25, -0.2) is 0 Å². The van der Waals surface area contributed by atoms with Gasteiger partial charge in [-0.15, -0.1) is 0 Å². The van der Waals surface area contributed by atoms with Gasteiger partial charge >= 0.3 is 0 Å². The van der Waals surface area contributed by atoms with Crippen LogP contribution in [0.25, 0.3) is 0 Å². The molecule has 1 unspecified atom stereocenters. The number of likely N-dealkylation sites (tertiary alicyclic amines) is 1. The Hall–Kier alpha value is -0.0800. The standard InChI is InChI=1S/C7H15N2/c1-2-9-5-3-4-7(9)6-8/h7-8H,2-6H2,1H3. The number of nitrogens with one attached hydrogen (secondary N) is 1. The van der Waals surface area contributed by atoms with Gasteiger partial charge in [0, 0.05) is 12.6 Å². The normalized spacial score (nSPS) is 29.3. The first-order chi connectivity index (χ1) is 4.38. The van der Waals surface area contributed by atoms with E-state index in [1.54, 1.807) is 0 Å². The van der Waals surface area contributed by atoms with Gasteiger partial charge in [-0.1, -0.05) is 6.92 Å². The summed E-state index contributed by atoms with van der Waals surface area (Å²) in [5.74, 6) is 0. The van der Waals surface area contributed by atoms with Gasteiger partial charge in [0.05, 0.1) is 0 Å². The van der Waals surface area contributed by atoms with E-state index < -0.39 is 0 Å². The van der Waals surface area contributed by atoms with Gasteiger partial charge in [-0.2, -0.15) is 0 Å². The quantitative estimate of drug-likeness (QED) is 0.538. The molecule has 2 nitrogen and oxygen atoms in total. The molecule has 1 atom stereocenters. The highest BCUT2D eigenvalue weighted by atomic mass is 15.2. The van der Waals surface area contributed by atoms with Crippen molar-refractivity contribution in [3.8, 4) is 0 Å². The maximum atomic E-state index is 7.19. The zero-order chi connectivity index (χ0) is 6.69. The van der Waals surface area contributed by atoms with Crippen LogP contribution in [0.5, 0.6) is 0 Å². The van der Waals surface area contributed by atoms with Gasteiger partial charge in [0.25, 0.3) is 0 Å². The Balaban J connectivity index is 2.32. The first-order valence-corrected chi connectivity index (χ1v) is 3.77. The number of hydrogen-bond acceptors (Lipinski definition) is 1. The first-order valence-electron chi connectivity index (χ1n) is 3.77. The molecule has 1 aliphatic heterocycles. The molecule has 1 saturated heterocycles. The SMILES string of the molecule is CCN1CCCC1C[NH]. The smallest absolute Gasteiger partial charge is 0.0256 e. The molecule has 53 valence electrons. The molecule has 0 aliphatic carbocycles. The molecule has 1 N–H and O–H groups in total. The van der Waals surface area contributed by atoms with Gasteiger partial charge < -0.3 is 0 Å². The number of rotatable bonds is 2. The molecule has 1 fully saturated rings. The summed E-state index contributed by atoms with van der Waals surface area (Å²) in [5.41, 5.74) is 7.19. The Labute approximate surface area is 57.0 Å². The molecule has 0 amide bonds. The highest BCUT2D eigenvalue weighted by Gasteiger charge is 2.20. The lowest BCUT2D eigenvalue weighted by Gasteiger charge is -2.19. The average Bonchev–Trinajstić information content (AvgIpc) is 2.33. The molecule has 2 heteroatoms. The average molecular weight is 127 g/mol. The molecule has 0 aromatic rings. The van der Waals surface area contributed by atoms with Crippen LogP contribution in [-0.2, 0) is 0 Å². The molecule has 1 radical (unpaired) electrons. The Morgan fingerprint density at radius 3 is 2.89 bits per heavy atom. The fraction of sp³-hybridized carbons (Fsp3) is 1.00. The van der Waals surface area contributed by atoms with E-state index in [0.29, 0.717) is 12.6 Å². The Kier molecular flexibility index (Phi) is 2.49. The van der Waals surface area contributed by atoms with E-state index in [1.165, 1.54) is 19.4 Å². The molecule has 0 saturated carbocycles. The Morgan fingerprint density at radius 1 is 1.67 bits per heavy atom. The summed E-state index contributed by atoms with van der Waals surface area (Å²) in [5, 5.41) is 0. The minimum absolute atomic E-state index is 0.579. The second-order valence-corrected chi connectivity index (χ2v) is 2.63. The molecule has 0 aromatic heterocycles. The van der Waals surface area contributed by atoms with Crippen LogP contribution in [-0.4, -0.2) is 30.6 Å². The third-order valence-electron chi connectivity index (χ3n) is 2.14. The zero-order valence-corrected chi connectivity index (χ0v) is 6.06. The minimum Gasteiger partial charge on any atom is -0.299 e. The fourth-order valence-corrected chi connectivity index (χ4v) is 1.54. The lowest BCUT2D eigenvalue weighted by molar-refractivity contribution is 0.271. The second kappa shape index (κ2) is 3.18. The maximum absolute atomic E-state index is 7.19. The predicted octanol–water partition coefficient (Wildman–Crippen LogP) is 0.754. The second-order valence-electron chi connectivity index (χ2n) is 2.63. The van der Waals surface area contributed by atoms with E-state index in [0.717, 1.165) is 6.54 Å². The Bertz CT molecular complexity index is 73.0. The van der Waals surface area contributed by atoms with Crippen molar-refractivity contribution in [3.05, 3.63) is 0 Å². The minimum atomic E-state index is 0.579. The largest absolute Gasteiger partial charge is 0.299 e. The van der Waals surface area contributed by atoms with E-state index in [9.17, 15) is 0 Å². The van der Waals surface area contributed by atoms with Crippen LogP contribution in [0.2, 0.25) is 0 Å². The zero-order valence-electron chi connectivity index (χ0n) is 6.06. The summed E-state index contributed by atoms with van der Waals surface area (Å²) in [6.07, 6.45) is 2.55. The van der Waals surface area contributed by atoms with Crippen LogP contribution in [0.15, 0.2) is 0 Å². The van der Waals surface area contributed by atoms with Gasteiger partial charge in [-0.3, -0.25) is 10.6 Å². The van der Waals surface area contributed by atoms with Crippen LogP contribution in [0.3, 0.4) is 0 Å². The Morgan fingerprint density at radius 2 is 2.44 bits per heavy atom. The summed E-state index contributed by atoms with van der Waals surface area (Å²) in [6.45, 7) is 5.12. The molecular weight excluding hydrogens is 112 g/mol. The van der Waals surface area contributed by atoms with Crippen LogP contribution < -0.4 is 5.73 Å². The van der Waals surface area contributed by atoms with E-state index in [-0.39, 0.29) is 0 Å². The predicted molar refractivity (Wildman–Crippen MR) is 38.2 cm³/mol. The van der Waals surface area contributed by atoms with Gasteiger partial charge in [0.15, 0.2) is 0 Å². The highest BCUT2D eigenvalue weighted by molar-refractivity contribution is 4.77. The van der Waals surface area contributed by atoms with Crippen molar-refractivity contribution in [1.82, 2.24) is 10.6 Å². The van der Waals surface area contributed by atoms with Crippen LogP contribution in [0.1, 0.15) is 19.8 Å². The summed E-state index contributed by atoms with van der Waals surface area (Å²) < 4.78 is 0. The summed E-state index contributed by atoms with van der Waals surface area (Å²) in [4.78, 5) is 2.40. The van der Waals surface area contributed by atoms with E-state index >= 15 is 0 Å². The van der Waals surface area contributed by atoms with Crippen LogP contribution in [0.4, 0.5) is 0 Å². The number of hydrogen-bond donors (Lipinski definition) is 0. The van der Waals surface area contributed by atoms with E-state index in [1.807, 2.05) is 0 Å². The van der Waals surface area contributed by atoms with Crippen molar-refractivity contribution >= 4 is 0 Å². The van der Waals surface area contributed by atoms with Crippen molar-refractivity contribution in [2.45, 2.75) is 25.8 Å². The maximum Gasteiger partial charge on any atom is 0.0256 e. The molecule has 1 heterocycles. The molecular formula is C7H15N2. The number of likely N-dealkylation sites (N-methyl/N-ethyl adjacent to an activating group) is 1.